The molecular formula is C14H27NO. The van der Waals surface area contributed by atoms with Gasteiger partial charge in [-0.05, 0) is 57.2 Å². The van der Waals surface area contributed by atoms with Crippen molar-refractivity contribution in [2.75, 3.05) is 19.6 Å². The summed E-state index contributed by atoms with van der Waals surface area (Å²) in [6, 6.07) is 0. The molecule has 0 radical (unpaired) electrons. The Labute approximate surface area is 100 Å². The number of ketones is 1. The highest BCUT2D eigenvalue weighted by Crippen LogP contribution is 2.34. The van der Waals surface area contributed by atoms with Crippen LogP contribution in [0, 0.1) is 11.3 Å². The van der Waals surface area contributed by atoms with Crippen molar-refractivity contribution in [1.29, 1.82) is 0 Å². The Balaban J connectivity index is 2.19. The van der Waals surface area contributed by atoms with E-state index >= 15 is 0 Å². The monoisotopic (exact) mass is 225 g/mol. The first kappa shape index (κ1) is 13.7. The van der Waals surface area contributed by atoms with E-state index < -0.39 is 0 Å². The Morgan fingerprint density at radius 3 is 2.25 bits per heavy atom. The van der Waals surface area contributed by atoms with Crippen LogP contribution in [0.15, 0.2) is 0 Å². The standard InChI is InChI=1S/C14H27NO/c1-12(16)6-5-9-15-10-7-13(8-11-15)14(2,3)4/h13H,5-11H2,1-4H3. The van der Waals surface area contributed by atoms with E-state index in [9.17, 15) is 4.79 Å². The minimum absolute atomic E-state index is 0.324. The van der Waals surface area contributed by atoms with Crippen LogP contribution in [0.1, 0.15) is 53.4 Å². The van der Waals surface area contributed by atoms with Crippen molar-refractivity contribution in [3.05, 3.63) is 0 Å². The molecule has 2 nitrogen and oxygen atoms in total. The Morgan fingerprint density at radius 2 is 1.81 bits per heavy atom. The molecule has 94 valence electrons. The zero-order valence-corrected chi connectivity index (χ0v) is 11.4. The Morgan fingerprint density at radius 1 is 1.25 bits per heavy atom. The third kappa shape index (κ3) is 4.65. The summed E-state index contributed by atoms with van der Waals surface area (Å²) in [7, 11) is 0. The van der Waals surface area contributed by atoms with E-state index in [0.29, 0.717) is 11.2 Å². The number of nitrogens with zero attached hydrogens (tertiary/aromatic N) is 1. The topological polar surface area (TPSA) is 20.3 Å². The summed E-state index contributed by atoms with van der Waals surface area (Å²) in [5, 5.41) is 0. The van der Waals surface area contributed by atoms with E-state index in [4.69, 9.17) is 0 Å². The average molecular weight is 225 g/mol. The number of hydrogen-bond acceptors (Lipinski definition) is 2. The normalized spacial score (nSPS) is 20.0. The molecule has 0 amide bonds. The summed E-state index contributed by atoms with van der Waals surface area (Å²) in [4.78, 5) is 13.4. The van der Waals surface area contributed by atoms with E-state index in [-0.39, 0.29) is 0 Å². The Bertz CT molecular complexity index is 221. The number of likely N-dealkylation sites (tertiary alicyclic amines) is 1. The molecule has 0 aromatic rings. The summed E-state index contributed by atoms with van der Waals surface area (Å²) in [5.41, 5.74) is 0.464. The maximum absolute atomic E-state index is 10.9. The first-order valence-electron chi connectivity index (χ1n) is 6.61. The molecule has 2 heteroatoms. The molecule has 1 aliphatic rings. The largest absolute Gasteiger partial charge is 0.303 e. The van der Waals surface area contributed by atoms with Crippen molar-refractivity contribution in [2.45, 2.75) is 53.4 Å². The van der Waals surface area contributed by atoms with Gasteiger partial charge in [0.05, 0.1) is 0 Å². The summed E-state index contributed by atoms with van der Waals surface area (Å²) in [5.74, 6) is 1.20. The van der Waals surface area contributed by atoms with Crippen LogP contribution in [0.25, 0.3) is 0 Å². The lowest BCUT2D eigenvalue weighted by Gasteiger charge is -2.38. The molecular weight excluding hydrogens is 198 g/mol. The van der Waals surface area contributed by atoms with Crippen molar-refractivity contribution in [1.82, 2.24) is 4.90 Å². The van der Waals surface area contributed by atoms with Crippen molar-refractivity contribution in [2.24, 2.45) is 11.3 Å². The summed E-state index contributed by atoms with van der Waals surface area (Å²) in [6.45, 7) is 12.3. The molecule has 0 unspecified atom stereocenters. The molecule has 0 aliphatic carbocycles. The van der Waals surface area contributed by atoms with E-state index in [0.717, 1.165) is 25.3 Å². The predicted molar refractivity (Wildman–Crippen MR) is 68.5 cm³/mol. The zero-order chi connectivity index (χ0) is 12.2. The average Bonchev–Trinajstić information content (AvgIpc) is 2.16. The SMILES string of the molecule is CC(=O)CCCN1CCC(C(C)(C)C)CC1. The molecule has 0 saturated carbocycles. The fraction of sp³-hybridized carbons (Fsp3) is 0.929. The van der Waals surface area contributed by atoms with Crippen LogP contribution in [-0.4, -0.2) is 30.3 Å². The smallest absolute Gasteiger partial charge is 0.129 e. The van der Waals surface area contributed by atoms with Crippen molar-refractivity contribution in [3.63, 3.8) is 0 Å². The van der Waals surface area contributed by atoms with Gasteiger partial charge in [-0.25, -0.2) is 0 Å². The van der Waals surface area contributed by atoms with Crippen LogP contribution in [0.4, 0.5) is 0 Å². The van der Waals surface area contributed by atoms with Crippen LogP contribution >= 0.6 is 0 Å². The Hall–Kier alpha value is -0.370. The van der Waals surface area contributed by atoms with Gasteiger partial charge in [-0.15, -0.1) is 0 Å². The maximum atomic E-state index is 10.9. The van der Waals surface area contributed by atoms with Crippen molar-refractivity contribution < 1.29 is 4.79 Å². The molecule has 1 saturated heterocycles. The van der Waals surface area contributed by atoms with E-state index in [1.807, 2.05) is 0 Å². The van der Waals surface area contributed by atoms with Crippen molar-refractivity contribution >= 4 is 5.78 Å². The molecule has 1 fully saturated rings. The van der Waals surface area contributed by atoms with E-state index in [1.54, 1.807) is 6.92 Å². The highest BCUT2D eigenvalue weighted by Gasteiger charge is 2.28. The molecule has 0 N–H and O–H groups in total. The lowest BCUT2D eigenvalue weighted by molar-refractivity contribution is -0.117. The molecule has 0 spiro atoms. The van der Waals surface area contributed by atoms with Crippen LogP contribution < -0.4 is 0 Å². The highest BCUT2D eigenvalue weighted by molar-refractivity contribution is 5.75. The third-order valence-corrected chi connectivity index (χ3v) is 3.82. The molecule has 0 aromatic carbocycles. The summed E-state index contributed by atoms with van der Waals surface area (Å²) in [6.07, 6.45) is 4.43. The van der Waals surface area contributed by atoms with Crippen LogP contribution in [0.2, 0.25) is 0 Å². The van der Waals surface area contributed by atoms with Crippen LogP contribution in [0.3, 0.4) is 0 Å². The molecule has 1 heterocycles. The van der Waals surface area contributed by atoms with Gasteiger partial charge in [-0.1, -0.05) is 20.8 Å². The van der Waals surface area contributed by atoms with E-state index in [2.05, 4.69) is 25.7 Å². The van der Waals surface area contributed by atoms with Gasteiger partial charge in [0.2, 0.25) is 0 Å². The second-order valence-corrected chi connectivity index (χ2v) is 6.29. The quantitative estimate of drug-likeness (QED) is 0.732. The zero-order valence-electron chi connectivity index (χ0n) is 11.4. The van der Waals surface area contributed by atoms with Crippen LogP contribution in [-0.2, 0) is 4.79 Å². The van der Waals surface area contributed by atoms with Crippen LogP contribution in [0.5, 0.6) is 0 Å². The molecule has 0 atom stereocenters. The molecule has 1 rings (SSSR count). The van der Waals surface area contributed by atoms with E-state index in [1.165, 1.54) is 25.9 Å². The number of carbonyl (C=O) groups is 1. The van der Waals surface area contributed by atoms with Gasteiger partial charge < -0.3 is 9.69 Å². The number of rotatable bonds is 4. The summed E-state index contributed by atoms with van der Waals surface area (Å²) < 4.78 is 0. The fourth-order valence-electron chi connectivity index (χ4n) is 2.57. The lowest BCUT2D eigenvalue weighted by Crippen LogP contribution is -2.38. The maximum Gasteiger partial charge on any atom is 0.129 e. The van der Waals surface area contributed by atoms with Crippen molar-refractivity contribution in [3.8, 4) is 0 Å². The summed E-state index contributed by atoms with van der Waals surface area (Å²) >= 11 is 0. The lowest BCUT2D eigenvalue weighted by atomic mass is 9.75. The number of piperidine rings is 1. The minimum atomic E-state index is 0.324. The van der Waals surface area contributed by atoms with Gasteiger partial charge in [-0.2, -0.15) is 0 Å². The van der Waals surface area contributed by atoms with Gasteiger partial charge in [0, 0.05) is 6.42 Å². The van der Waals surface area contributed by atoms with Gasteiger partial charge in [0.25, 0.3) is 0 Å². The van der Waals surface area contributed by atoms with Gasteiger partial charge >= 0.3 is 0 Å². The first-order valence-corrected chi connectivity index (χ1v) is 6.61. The second kappa shape index (κ2) is 5.81. The number of Topliss-reactive ketones (excluding diaryl/α,β-unsaturated/α-hetero) is 1. The molecule has 0 bridgehead atoms. The minimum Gasteiger partial charge on any atom is -0.303 e. The van der Waals surface area contributed by atoms with Gasteiger partial charge in [-0.3, -0.25) is 0 Å². The molecule has 1 aliphatic heterocycles. The fourth-order valence-corrected chi connectivity index (χ4v) is 2.57. The van der Waals surface area contributed by atoms with Gasteiger partial charge in [0.15, 0.2) is 0 Å². The third-order valence-electron chi connectivity index (χ3n) is 3.82. The second-order valence-electron chi connectivity index (χ2n) is 6.29. The predicted octanol–water partition coefficient (Wildman–Crippen LogP) is 3.11. The Kier molecular flexibility index (Phi) is 4.97. The molecule has 16 heavy (non-hydrogen) atoms. The number of hydrogen-bond donors (Lipinski definition) is 0. The van der Waals surface area contributed by atoms with Gasteiger partial charge in [0.1, 0.15) is 5.78 Å². The molecule has 0 aromatic heterocycles. The highest BCUT2D eigenvalue weighted by atomic mass is 16.1. The number of carbonyl (C=O) groups excluding carboxylic acids is 1. The first-order chi connectivity index (χ1) is 7.39.